The Hall–Kier alpha value is -3.02. The number of para-hydroxylation sites is 1. The molecule has 158 valence electrons. The third kappa shape index (κ3) is 5.12. The van der Waals surface area contributed by atoms with Gasteiger partial charge in [0.15, 0.2) is 11.5 Å². The minimum atomic E-state index is -0.122. The second kappa shape index (κ2) is 9.65. The Labute approximate surface area is 177 Å². The number of hydrogen-bond donors (Lipinski definition) is 2. The van der Waals surface area contributed by atoms with Crippen molar-refractivity contribution in [2.75, 3.05) is 18.5 Å². The van der Waals surface area contributed by atoms with Crippen molar-refractivity contribution in [1.82, 2.24) is 5.32 Å². The Morgan fingerprint density at radius 3 is 2.53 bits per heavy atom. The third-order valence-corrected chi connectivity index (χ3v) is 5.63. The van der Waals surface area contributed by atoms with Gasteiger partial charge in [-0.05, 0) is 49.1 Å². The average Bonchev–Trinajstić information content (AvgIpc) is 2.78. The van der Waals surface area contributed by atoms with Gasteiger partial charge in [0, 0.05) is 12.5 Å². The van der Waals surface area contributed by atoms with Crippen LogP contribution in [0.4, 0.5) is 5.69 Å². The van der Waals surface area contributed by atoms with Gasteiger partial charge in [-0.2, -0.15) is 0 Å². The molecule has 0 saturated heterocycles. The molecule has 0 aromatic heterocycles. The maximum absolute atomic E-state index is 12.7. The quantitative estimate of drug-likeness (QED) is 0.755. The van der Waals surface area contributed by atoms with Crippen LogP contribution in [0.3, 0.4) is 0 Å². The SMILES string of the molecule is O=C(CCc1ccc2c(c1)OCCO2)Nc1ccccc1C(=O)NC1CCCCC1. The van der Waals surface area contributed by atoms with Crippen molar-refractivity contribution >= 4 is 17.5 Å². The molecule has 0 spiro atoms. The standard InChI is InChI=1S/C24H28N2O4/c27-23(13-11-17-10-12-21-22(16-17)30-15-14-29-21)26-20-9-5-4-8-19(20)24(28)25-18-6-2-1-3-7-18/h4-5,8-10,12,16,18H,1-3,6-7,11,13-15H2,(H,25,28)(H,26,27). The number of amides is 2. The smallest absolute Gasteiger partial charge is 0.253 e. The molecular weight excluding hydrogens is 380 g/mol. The summed E-state index contributed by atoms with van der Waals surface area (Å²) in [6, 6.07) is 13.2. The molecule has 6 nitrogen and oxygen atoms in total. The van der Waals surface area contributed by atoms with Crippen LogP contribution in [0.25, 0.3) is 0 Å². The van der Waals surface area contributed by atoms with Crippen LogP contribution in [0.1, 0.15) is 54.4 Å². The molecule has 1 aliphatic heterocycles. The third-order valence-electron chi connectivity index (χ3n) is 5.63. The largest absolute Gasteiger partial charge is 0.486 e. The first kappa shape index (κ1) is 20.3. The summed E-state index contributed by atoms with van der Waals surface area (Å²) in [5.74, 6) is 1.23. The number of hydrogen-bond acceptors (Lipinski definition) is 4. The molecule has 1 heterocycles. The number of carbonyl (C=O) groups excluding carboxylic acids is 2. The first-order valence-corrected chi connectivity index (χ1v) is 10.8. The molecule has 2 aromatic rings. The minimum Gasteiger partial charge on any atom is -0.486 e. The number of benzene rings is 2. The summed E-state index contributed by atoms with van der Waals surface area (Å²) < 4.78 is 11.1. The predicted molar refractivity (Wildman–Crippen MR) is 115 cm³/mol. The van der Waals surface area contributed by atoms with Gasteiger partial charge in [-0.15, -0.1) is 0 Å². The van der Waals surface area contributed by atoms with Crippen LogP contribution in [-0.4, -0.2) is 31.1 Å². The van der Waals surface area contributed by atoms with E-state index < -0.39 is 0 Å². The lowest BCUT2D eigenvalue weighted by atomic mass is 9.95. The maximum atomic E-state index is 12.7. The van der Waals surface area contributed by atoms with Crippen LogP contribution in [0.2, 0.25) is 0 Å². The molecule has 0 unspecified atom stereocenters. The molecule has 30 heavy (non-hydrogen) atoms. The van der Waals surface area contributed by atoms with Gasteiger partial charge in [0.25, 0.3) is 5.91 Å². The van der Waals surface area contributed by atoms with Crippen molar-refractivity contribution in [2.45, 2.75) is 51.0 Å². The minimum absolute atomic E-state index is 0.121. The Bertz CT molecular complexity index is 906. The van der Waals surface area contributed by atoms with Crippen molar-refractivity contribution in [3.05, 3.63) is 53.6 Å². The summed E-state index contributed by atoms with van der Waals surface area (Å²) in [6.07, 6.45) is 6.50. The first-order valence-electron chi connectivity index (χ1n) is 10.8. The average molecular weight is 408 g/mol. The highest BCUT2D eigenvalue weighted by Crippen LogP contribution is 2.31. The normalized spacial score (nSPS) is 16.0. The summed E-state index contributed by atoms with van der Waals surface area (Å²) in [7, 11) is 0. The lowest BCUT2D eigenvalue weighted by Gasteiger charge is -2.23. The van der Waals surface area contributed by atoms with Crippen LogP contribution < -0.4 is 20.1 Å². The Morgan fingerprint density at radius 2 is 1.70 bits per heavy atom. The van der Waals surface area contributed by atoms with Crippen molar-refractivity contribution in [2.24, 2.45) is 0 Å². The number of rotatable bonds is 6. The molecule has 2 amide bonds. The summed E-state index contributed by atoms with van der Waals surface area (Å²) in [4.78, 5) is 25.3. The molecule has 0 atom stereocenters. The highest BCUT2D eigenvalue weighted by Gasteiger charge is 2.19. The van der Waals surface area contributed by atoms with E-state index >= 15 is 0 Å². The molecule has 0 bridgehead atoms. The fourth-order valence-corrected chi connectivity index (χ4v) is 4.01. The summed E-state index contributed by atoms with van der Waals surface area (Å²) in [5.41, 5.74) is 2.08. The maximum Gasteiger partial charge on any atom is 0.253 e. The van der Waals surface area contributed by atoms with E-state index in [1.165, 1.54) is 6.42 Å². The van der Waals surface area contributed by atoms with E-state index in [4.69, 9.17) is 9.47 Å². The van der Waals surface area contributed by atoms with E-state index in [1.807, 2.05) is 30.3 Å². The number of ether oxygens (including phenoxy) is 2. The van der Waals surface area contributed by atoms with Crippen molar-refractivity contribution < 1.29 is 19.1 Å². The molecule has 2 N–H and O–H groups in total. The molecule has 1 aliphatic carbocycles. The molecule has 6 heteroatoms. The second-order valence-electron chi connectivity index (χ2n) is 7.88. The highest BCUT2D eigenvalue weighted by atomic mass is 16.6. The van der Waals surface area contributed by atoms with Gasteiger partial charge in [-0.25, -0.2) is 0 Å². The van der Waals surface area contributed by atoms with E-state index in [2.05, 4.69) is 10.6 Å². The molecule has 2 aromatic carbocycles. The Balaban J connectivity index is 1.34. The molecule has 1 saturated carbocycles. The van der Waals surface area contributed by atoms with Gasteiger partial charge < -0.3 is 20.1 Å². The lowest BCUT2D eigenvalue weighted by Crippen LogP contribution is -2.36. The number of aryl methyl sites for hydroxylation is 1. The van der Waals surface area contributed by atoms with Gasteiger partial charge in [0.05, 0.1) is 11.3 Å². The number of anilines is 1. The summed E-state index contributed by atoms with van der Waals surface area (Å²) >= 11 is 0. The number of fused-ring (bicyclic) bond motifs is 1. The molecule has 0 radical (unpaired) electrons. The van der Waals surface area contributed by atoms with E-state index in [-0.39, 0.29) is 17.9 Å². The zero-order chi connectivity index (χ0) is 20.8. The molecule has 2 aliphatic rings. The van der Waals surface area contributed by atoms with Gasteiger partial charge in [-0.3, -0.25) is 9.59 Å². The lowest BCUT2D eigenvalue weighted by molar-refractivity contribution is -0.116. The van der Waals surface area contributed by atoms with Crippen molar-refractivity contribution in [1.29, 1.82) is 0 Å². The van der Waals surface area contributed by atoms with Crippen LogP contribution in [0.15, 0.2) is 42.5 Å². The fourth-order valence-electron chi connectivity index (χ4n) is 4.01. The molecule has 4 rings (SSSR count). The number of carbonyl (C=O) groups is 2. The van der Waals surface area contributed by atoms with Gasteiger partial charge in [0.1, 0.15) is 13.2 Å². The Kier molecular flexibility index (Phi) is 6.52. The first-order chi connectivity index (χ1) is 14.7. The predicted octanol–water partition coefficient (Wildman–Crippen LogP) is 4.09. The topological polar surface area (TPSA) is 76.7 Å². The monoisotopic (exact) mass is 408 g/mol. The zero-order valence-electron chi connectivity index (χ0n) is 17.1. The number of nitrogens with one attached hydrogen (secondary N) is 2. The van der Waals surface area contributed by atoms with Crippen LogP contribution in [-0.2, 0) is 11.2 Å². The van der Waals surface area contributed by atoms with Gasteiger partial charge in [-0.1, -0.05) is 37.5 Å². The molecule has 1 fully saturated rings. The van der Waals surface area contributed by atoms with Crippen molar-refractivity contribution in [3.8, 4) is 11.5 Å². The van der Waals surface area contributed by atoms with E-state index in [0.29, 0.717) is 37.3 Å². The van der Waals surface area contributed by atoms with Gasteiger partial charge in [0.2, 0.25) is 5.91 Å². The van der Waals surface area contributed by atoms with Crippen LogP contribution in [0.5, 0.6) is 11.5 Å². The summed E-state index contributed by atoms with van der Waals surface area (Å²) in [6.45, 7) is 1.10. The van der Waals surface area contributed by atoms with E-state index in [1.54, 1.807) is 12.1 Å². The van der Waals surface area contributed by atoms with Crippen LogP contribution >= 0.6 is 0 Å². The zero-order valence-corrected chi connectivity index (χ0v) is 17.1. The summed E-state index contributed by atoms with van der Waals surface area (Å²) in [5, 5.41) is 6.03. The van der Waals surface area contributed by atoms with E-state index in [9.17, 15) is 9.59 Å². The van der Waals surface area contributed by atoms with E-state index in [0.717, 1.165) is 42.7 Å². The van der Waals surface area contributed by atoms with Gasteiger partial charge >= 0.3 is 0 Å². The highest BCUT2D eigenvalue weighted by molar-refractivity contribution is 6.03. The Morgan fingerprint density at radius 1 is 0.933 bits per heavy atom. The van der Waals surface area contributed by atoms with Crippen LogP contribution in [0, 0.1) is 0 Å². The second-order valence-corrected chi connectivity index (χ2v) is 7.88. The molecular formula is C24H28N2O4. The fraction of sp³-hybridized carbons (Fsp3) is 0.417. The van der Waals surface area contributed by atoms with Crippen molar-refractivity contribution in [3.63, 3.8) is 0 Å².